The first-order valence-electron chi connectivity index (χ1n) is 25.6. The number of rotatable bonds is 21. The Balaban J connectivity index is 1.91. The topological polar surface area (TPSA) is 119 Å². The second-order valence-corrected chi connectivity index (χ2v) is 23.6. The molecule has 3 amide bonds. The summed E-state index contributed by atoms with van der Waals surface area (Å²) < 4.78 is 0. The van der Waals surface area contributed by atoms with Crippen molar-refractivity contribution in [1.29, 1.82) is 0 Å². The van der Waals surface area contributed by atoms with Crippen molar-refractivity contribution in [3.63, 3.8) is 0 Å². The fourth-order valence-corrected chi connectivity index (χ4v) is 10.8. The predicted octanol–water partition coefficient (Wildman–Crippen LogP) is 6.42. The Morgan fingerprint density at radius 3 is 0.864 bits per heavy atom. The zero-order chi connectivity index (χ0) is 50.0. The molecule has 3 saturated heterocycles. The van der Waals surface area contributed by atoms with Gasteiger partial charge in [0.25, 0.3) is 0 Å². The van der Waals surface area contributed by atoms with Crippen molar-refractivity contribution < 1.29 is 14.4 Å². The molecule has 6 unspecified atom stereocenters. The molecule has 4 heterocycles. The highest BCUT2D eigenvalue weighted by atomic mass is 16.2. The van der Waals surface area contributed by atoms with Crippen molar-refractivity contribution >= 4 is 35.6 Å². The molecule has 3 fully saturated rings. The van der Waals surface area contributed by atoms with Gasteiger partial charge in [-0.3, -0.25) is 29.1 Å². The maximum absolute atomic E-state index is 14.1. The van der Waals surface area contributed by atoms with Crippen LogP contribution in [0.5, 0.6) is 0 Å². The Labute approximate surface area is 402 Å². The molecule has 4 rings (SSSR count). The summed E-state index contributed by atoms with van der Waals surface area (Å²) in [7, 11) is 6.14. The molecule has 0 bridgehead atoms. The summed E-state index contributed by atoms with van der Waals surface area (Å²) >= 11 is 0. The molecule has 3 aliphatic heterocycles. The predicted molar refractivity (Wildman–Crippen MR) is 272 cm³/mol. The van der Waals surface area contributed by atoms with E-state index in [4.69, 9.17) is 15.0 Å². The molecule has 0 saturated carbocycles. The molecule has 0 aromatic carbocycles. The Bertz CT molecular complexity index is 1570. The highest BCUT2D eigenvalue weighted by Gasteiger charge is 2.46. The van der Waals surface area contributed by atoms with Crippen LogP contribution in [0.15, 0.2) is 0 Å². The molecule has 0 N–H and O–H groups in total. The number of amides is 3. The van der Waals surface area contributed by atoms with Crippen LogP contribution in [0.3, 0.4) is 0 Å². The summed E-state index contributed by atoms with van der Waals surface area (Å²) in [5.41, 5.74) is -1.85. The van der Waals surface area contributed by atoms with E-state index in [9.17, 15) is 14.4 Å². The average Bonchev–Trinajstić information content (AvgIpc) is 3.21. The van der Waals surface area contributed by atoms with E-state index in [0.717, 1.165) is 19.3 Å². The molecule has 3 aliphatic rings. The second kappa shape index (κ2) is 22.0. The molecule has 6 atom stereocenters. The molecular weight excluding hydrogens is 829 g/mol. The Morgan fingerprint density at radius 1 is 0.455 bits per heavy atom. The summed E-state index contributed by atoms with van der Waals surface area (Å²) in [6.07, 6.45) is 2.73. The summed E-state index contributed by atoms with van der Waals surface area (Å²) in [6, 6.07) is 0.807. The van der Waals surface area contributed by atoms with Gasteiger partial charge in [0.2, 0.25) is 35.6 Å². The van der Waals surface area contributed by atoms with E-state index >= 15 is 0 Å². The van der Waals surface area contributed by atoms with Crippen molar-refractivity contribution in [2.45, 2.75) is 197 Å². The fraction of sp³-hybridized carbons (Fsp3) is 0.882. The van der Waals surface area contributed by atoms with Gasteiger partial charge < -0.3 is 29.4 Å². The lowest BCUT2D eigenvalue weighted by molar-refractivity contribution is -0.151. The first-order valence-corrected chi connectivity index (χ1v) is 25.6. The minimum atomic E-state index is -0.615. The van der Waals surface area contributed by atoms with E-state index in [1.54, 1.807) is 0 Å². The number of carbonyl (C=O) groups is 3. The van der Waals surface area contributed by atoms with E-state index in [1.165, 1.54) is 0 Å². The van der Waals surface area contributed by atoms with Crippen LogP contribution in [0.2, 0.25) is 0 Å². The normalized spacial score (nSPS) is 24.5. The molecular formula is C51H96N12O3. The monoisotopic (exact) mass is 925 g/mol. The maximum Gasteiger partial charge on any atom is 0.242 e. The largest absolute Gasteiger partial charge is 0.338 e. The van der Waals surface area contributed by atoms with Crippen molar-refractivity contribution in [1.82, 2.24) is 44.4 Å². The molecule has 0 aliphatic carbocycles. The lowest BCUT2D eigenvalue weighted by atomic mass is 9.95. The zero-order valence-corrected chi connectivity index (χ0v) is 45.8. The average molecular weight is 925 g/mol. The summed E-state index contributed by atoms with van der Waals surface area (Å²) in [6.45, 7) is 44.3. The number of anilines is 3. The van der Waals surface area contributed by atoms with Gasteiger partial charge in [-0.15, -0.1) is 0 Å². The van der Waals surface area contributed by atoms with Crippen LogP contribution in [0, 0.1) is 17.8 Å². The highest BCUT2D eigenvalue weighted by Crippen LogP contribution is 2.31. The molecule has 378 valence electrons. The van der Waals surface area contributed by atoms with Crippen molar-refractivity contribution in [3.8, 4) is 0 Å². The summed E-state index contributed by atoms with van der Waals surface area (Å²) in [5.74, 6) is 3.42. The van der Waals surface area contributed by atoms with E-state index in [-0.39, 0.29) is 54.0 Å². The first kappa shape index (κ1) is 55.3. The van der Waals surface area contributed by atoms with Crippen LogP contribution in [-0.2, 0) is 14.4 Å². The molecule has 15 heteroatoms. The quantitative estimate of drug-likeness (QED) is 0.136. The number of likely N-dealkylation sites (N-methyl/N-ethyl adjacent to an activating group) is 3. The highest BCUT2D eigenvalue weighted by molar-refractivity contribution is 5.87. The number of piperazine rings is 3. The second-order valence-electron chi connectivity index (χ2n) is 23.6. The summed E-state index contributed by atoms with van der Waals surface area (Å²) in [5, 5.41) is 0. The molecule has 1 aromatic rings. The van der Waals surface area contributed by atoms with E-state index < -0.39 is 16.6 Å². The Kier molecular flexibility index (Phi) is 18.4. The summed E-state index contributed by atoms with van der Waals surface area (Å²) in [4.78, 5) is 78.2. The van der Waals surface area contributed by atoms with Crippen molar-refractivity contribution in [2.24, 2.45) is 17.8 Å². The molecule has 1 aromatic heterocycles. The van der Waals surface area contributed by atoms with Gasteiger partial charge >= 0.3 is 0 Å². The van der Waals surface area contributed by atoms with Crippen LogP contribution >= 0.6 is 0 Å². The molecule has 0 radical (unpaired) electrons. The van der Waals surface area contributed by atoms with Gasteiger partial charge in [0, 0.05) is 95.2 Å². The van der Waals surface area contributed by atoms with E-state index in [2.05, 4.69) is 112 Å². The van der Waals surface area contributed by atoms with Crippen LogP contribution in [0.25, 0.3) is 0 Å². The lowest BCUT2D eigenvalue weighted by Gasteiger charge is -2.48. The van der Waals surface area contributed by atoms with Gasteiger partial charge in [-0.05, 0) is 141 Å². The van der Waals surface area contributed by atoms with E-state index in [0.29, 0.717) is 94.5 Å². The maximum atomic E-state index is 14.1. The van der Waals surface area contributed by atoms with Gasteiger partial charge in [0.15, 0.2) is 0 Å². The van der Waals surface area contributed by atoms with Crippen molar-refractivity contribution in [3.05, 3.63) is 0 Å². The number of hydrogen-bond acceptors (Lipinski definition) is 12. The third-order valence-electron chi connectivity index (χ3n) is 15.8. The van der Waals surface area contributed by atoms with Crippen LogP contribution in [-0.4, -0.2) is 195 Å². The number of aromatic nitrogens is 3. The molecule has 15 nitrogen and oxygen atoms in total. The Morgan fingerprint density at radius 2 is 0.667 bits per heavy atom. The number of nitrogens with zero attached hydrogens (tertiary/aromatic N) is 12. The molecule has 0 spiro atoms. The third kappa shape index (κ3) is 12.5. The number of carbonyl (C=O) groups excluding carboxylic acids is 3. The smallest absolute Gasteiger partial charge is 0.242 e. The minimum absolute atomic E-state index is 0.0579. The lowest BCUT2D eigenvalue weighted by Crippen LogP contribution is -2.65. The fourth-order valence-electron chi connectivity index (χ4n) is 10.8. The van der Waals surface area contributed by atoms with E-state index in [1.807, 2.05) is 77.4 Å². The Hall–Kier alpha value is -3.30. The van der Waals surface area contributed by atoms with Gasteiger partial charge in [0.05, 0.1) is 16.6 Å². The van der Waals surface area contributed by atoms with Crippen LogP contribution < -0.4 is 14.7 Å². The third-order valence-corrected chi connectivity index (χ3v) is 15.8. The molecule has 66 heavy (non-hydrogen) atoms. The first-order chi connectivity index (χ1) is 30.4. The van der Waals surface area contributed by atoms with Crippen LogP contribution in [0.1, 0.15) is 144 Å². The number of hydrogen-bond donors (Lipinski definition) is 0. The van der Waals surface area contributed by atoms with Crippen molar-refractivity contribution in [2.75, 3.05) is 94.7 Å². The SMILES string of the molecule is CC(C)CC(C)N(CCN1CC(C)N(C)C(C)(C)C1=O)c1nc(N(CCN2CC(C)N(C)C(C)(C)C2=O)C(C)CC(C)C)nc(N(CCN2CC(C)N(C)C(C)(C)C2=O)C(C)CC(C)C)n1. The minimum Gasteiger partial charge on any atom is -0.338 e. The van der Waals surface area contributed by atoms with Gasteiger partial charge in [-0.1, -0.05) is 41.5 Å². The van der Waals surface area contributed by atoms with Crippen LogP contribution in [0.4, 0.5) is 17.8 Å². The van der Waals surface area contributed by atoms with Gasteiger partial charge in [-0.2, -0.15) is 15.0 Å². The van der Waals surface area contributed by atoms with Gasteiger partial charge in [-0.25, -0.2) is 0 Å². The zero-order valence-electron chi connectivity index (χ0n) is 45.8. The van der Waals surface area contributed by atoms with Gasteiger partial charge in [0.1, 0.15) is 0 Å². The standard InChI is InChI=1S/C51H96N12O3/c1-34(2)28-37(7)61(25-22-58-31-40(10)55(19)49(13,14)43(58)64)46-52-47(62(38(8)29-35(3)4)26-23-59-32-41(11)56(20)50(15,16)44(59)65)54-48(53-46)63(39(9)30-36(5)6)27-24-60-33-42(12)57(21)51(17,18)45(60)66/h34-42H,22-33H2,1-21H3.